The van der Waals surface area contributed by atoms with Gasteiger partial charge in [0, 0.05) is 25.1 Å². The molecule has 0 aromatic heterocycles. The summed E-state index contributed by atoms with van der Waals surface area (Å²) in [5.41, 5.74) is 0. The van der Waals surface area contributed by atoms with Gasteiger partial charge in [-0.2, -0.15) is 0 Å². The van der Waals surface area contributed by atoms with Gasteiger partial charge in [-0.1, -0.05) is 53.4 Å². The molecule has 0 aliphatic heterocycles. The first-order valence-corrected chi connectivity index (χ1v) is 10.7. The molecule has 0 aliphatic carbocycles. The van der Waals surface area contributed by atoms with Gasteiger partial charge in [-0.15, -0.1) is 0 Å². The maximum atomic E-state index is 9.79. The topological polar surface area (TPSA) is 80.6 Å². The molecule has 0 bridgehead atoms. The van der Waals surface area contributed by atoms with Crippen LogP contribution in [-0.4, -0.2) is 60.1 Å². The Hall–Kier alpha value is -0.650. The molecule has 0 spiro atoms. The van der Waals surface area contributed by atoms with Crippen molar-refractivity contribution in [3.63, 3.8) is 0 Å². The highest BCUT2D eigenvalue weighted by Gasteiger charge is 2.24. The summed E-state index contributed by atoms with van der Waals surface area (Å²) >= 11 is 0. The van der Waals surface area contributed by atoms with E-state index in [9.17, 15) is 9.90 Å². The van der Waals surface area contributed by atoms with E-state index >= 15 is 0 Å². The predicted octanol–water partition coefficient (Wildman–Crippen LogP) is 2.73. The molecule has 2 N–H and O–H groups in total. The fourth-order valence-electron chi connectivity index (χ4n) is 3.07. The van der Waals surface area contributed by atoms with Crippen LogP contribution < -0.4 is 5.11 Å². The number of carbonyl (C=O) groups excluding carboxylic acids is 1. The monoisotopic (exact) mass is 375 g/mol. The Balaban J connectivity index is 0. The Labute approximate surface area is 162 Å². The van der Waals surface area contributed by atoms with Crippen LogP contribution >= 0.6 is 0 Å². The smallest absolute Gasteiger partial charge is 0.0786 e. The van der Waals surface area contributed by atoms with E-state index in [1.54, 1.807) is 0 Å². The van der Waals surface area contributed by atoms with E-state index in [0.717, 1.165) is 0 Å². The number of nitrogens with zero attached hydrogens (tertiary/aromatic N) is 1. The Bertz CT molecular complexity index is 269. The number of rotatable bonds is 16. The summed E-state index contributed by atoms with van der Waals surface area (Å²) in [5.74, 6) is -1.82. The lowest BCUT2D eigenvalue weighted by atomic mass is 10.1. The van der Waals surface area contributed by atoms with Crippen LogP contribution in [0.2, 0.25) is 0 Å². The zero-order valence-corrected chi connectivity index (χ0v) is 17.8. The minimum Gasteiger partial charge on any atom is -0.550 e. The molecule has 5 nitrogen and oxygen atoms in total. The Morgan fingerprint density at radius 1 is 0.769 bits per heavy atom. The SMILES string of the molecule is CCCC[N+](CCCC)(CCCC)CCCC.O=C([O-])CC(CO)CO. The zero-order valence-electron chi connectivity index (χ0n) is 17.8. The van der Waals surface area contributed by atoms with Gasteiger partial charge in [0.05, 0.1) is 26.2 Å². The molecule has 0 saturated carbocycles. The third-order valence-electron chi connectivity index (χ3n) is 4.92. The molecule has 0 amide bonds. The number of carboxylic acid groups (broad SMARTS) is 1. The summed E-state index contributed by atoms with van der Waals surface area (Å²) in [7, 11) is 0. The number of unbranched alkanes of at least 4 members (excludes halogenated alkanes) is 4. The maximum Gasteiger partial charge on any atom is 0.0786 e. The van der Waals surface area contributed by atoms with Gasteiger partial charge in [-0.25, -0.2) is 0 Å². The van der Waals surface area contributed by atoms with Crippen LogP contribution in [0.4, 0.5) is 0 Å². The molecule has 0 aromatic rings. The quantitative estimate of drug-likeness (QED) is 0.407. The molecular weight excluding hydrogens is 330 g/mol. The first-order valence-electron chi connectivity index (χ1n) is 10.7. The summed E-state index contributed by atoms with van der Waals surface area (Å²) in [6, 6.07) is 0. The van der Waals surface area contributed by atoms with Crippen LogP contribution in [0.25, 0.3) is 0 Å². The highest BCUT2D eigenvalue weighted by atomic mass is 16.4. The van der Waals surface area contributed by atoms with Crippen LogP contribution in [0.5, 0.6) is 0 Å². The lowest BCUT2D eigenvalue weighted by Gasteiger charge is -2.39. The average Bonchev–Trinajstić information content (AvgIpc) is 2.65. The molecule has 0 aliphatic rings. The predicted molar refractivity (Wildman–Crippen MR) is 107 cm³/mol. The van der Waals surface area contributed by atoms with Crippen molar-refractivity contribution < 1.29 is 24.6 Å². The first kappa shape index (κ1) is 27.6. The number of carboxylic acids is 1. The highest BCUT2D eigenvalue weighted by Crippen LogP contribution is 2.16. The summed E-state index contributed by atoms with van der Waals surface area (Å²) in [5, 5.41) is 26.4. The lowest BCUT2D eigenvalue weighted by molar-refractivity contribution is -0.929. The van der Waals surface area contributed by atoms with Crippen LogP contribution in [0.1, 0.15) is 85.5 Å². The van der Waals surface area contributed by atoms with E-state index in [-0.39, 0.29) is 19.6 Å². The summed E-state index contributed by atoms with van der Waals surface area (Å²) in [6.07, 6.45) is 10.8. The number of quaternary nitrogens is 1. The van der Waals surface area contributed by atoms with Gasteiger partial charge in [-0.05, 0) is 32.1 Å². The molecule has 0 fully saturated rings. The second kappa shape index (κ2) is 19.1. The van der Waals surface area contributed by atoms with E-state index in [0.29, 0.717) is 0 Å². The van der Waals surface area contributed by atoms with Crippen molar-refractivity contribution in [1.29, 1.82) is 0 Å². The molecule has 0 heterocycles. The Morgan fingerprint density at radius 2 is 1.08 bits per heavy atom. The van der Waals surface area contributed by atoms with Crippen molar-refractivity contribution in [2.75, 3.05) is 39.4 Å². The fraction of sp³-hybridized carbons (Fsp3) is 0.952. The number of hydrogen-bond donors (Lipinski definition) is 2. The van der Waals surface area contributed by atoms with Crippen molar-refractivity contribution in [2.24, 2.45) is 5.92 Å². The minimum absolute atomic E-state index is 0.285. The second-order valence-corrected chi connectivity index (χ2v) is 7.46. The number of aliphatic hydroxyl groups is 2. The normalized spacial score (nSPS) is 11.3. The second-order valence-electron chi connectivity index (χ2n) is 7.46. The van der Waals surface area contributed by atoms with Crippen LogP contribution in [-0.2, 0) is 4.79 Å². The molecule has 0 aromatic carbocycles. The van der Waals surface area contributed by atoms with Crippen molar-refractivity contribution in [2.45, 2.75) is 85.5 Å². The van der Waals surface area contributed by atoms with Crippen LogP contribution in [0.3, 0.4) is 0 Å². The maximum absolute atomic E-state index is 9.79. The number of hydrogen-bond acceptors (Lipinski definition) is 4. The minimum atomic E-state index is -1.25. The molecule has 0 rings (SSSR count). The van der Waals surface area contributed by atoms with Crippen LogP contribution in [0.15, 0.2) is 0 Å². The third kappa shape index (κ3) is 15.6. The van der Waals surface area contributed by atoms with E-state index in [1.165, 1.54) is 82.0 Å². The third-order valence-corrected chi connectivity index (χ3v) is 4.92. The van der Waals surface area contributed by atoms with Gasteiger partial charge in [0.15, 0.2) is 0 Å². The standard InChI is InChI=1S/C16H36N.C5H10O4/c1-5-9-13-17(14-10-6-2,15-11-7-3)16-12-8-4;6-2-4(3-7)1-5(8)9/h5-16H2,1-4H3;4,6-7H,1-3H2,(H,8,9)/q+1;/p-1. The lowest BCUT2D eigenvalue weighted by Crippen LogP contribution is -2.50. The first-order chi connectivity index (χ1) is 12.4. The Kier molecular flexibility index (Phi) is 20.3. The zero-order chi connectivity index (χ0) is 20.3. The number of aliphatic hydroxyl groups excluding tert-OH is 2. The van der Waals surface area contributed by atoms with E-state index in [2.05, 4.69) is 27.7 Å². The number of carbonyl (C=O) groups is 1. The molecule has 26 heavy (non-hydrogen) atoms. The highest BCUT2D eigenvalue weighted by molar-refractivity contribution is 5.64. The summed E-state index contributed by atoms with van der Waals surface area (Å²) in [6.45, 7) is 14.4. The van der Waals surface area contributed by atoms with Gasteiger partial charge in [0.2, 0.25) is 0 Å². The summed E-state index contributed by atoms with van der Waals surface area (Å²) in [4.78, 5) is 9.79. The molecule has 158 valence electrons. The molecule has 5 heteroatoms. The summed E-state index contributed by atoms with van der Waals surface area (Å²) < 4.78 is 1.42. The van der Waals surface area contributed by atoms with E-state index in [4.69, 9.17) is 10.2 Å². The van der Waals surface area contributed by atoms with Gasteiger partial charge < -0.3 is 24.6 Å². The van der Waals surface area contributed by atoms with Gasteiger partial charge in [0.1, 0.15) is 0 Å². The van der Waals surface area contributed by atoms with Gasteiger partial charge in [-0.3, -0.25) is 0 Å². The van der Waals surface area contributed by atoms with Crippen molar-refractivity contribution >= 4 is 5.97 Å². The van der Waals surface area contributed by atoms with Crippen molar-refractivity contribution in [3.8, 4) is 0 Å². The Morgan fingerprint density at radius 3 is 1.23 bits per heavy atom. The van der Waals surface area contributed by atoms with E-state index in [1.807, 2.05) is 0 Å². The fourth-order valence-corrected chi connectivity index (χ4v) is 3.07. The van der Waals surface area contributed by atoms with Crippen molar-refractivity contribution in [1.82, 2.24) is 0 Å². The molecule has 0 saturated heterocycles. The van der Waals surface area contributed by atoms with E-state index < -0.39 is 11.9 Å². The number of aliphatic carboxylic acids is 1. The largest absolute Gasteiger partial charge is 0.550 e. The average molecular weight is 376 g/mol. The van der Waals surface area contributed by atoms with Crippen LogP contribution in [0, 0.1) is 5.92 Å². The van der Waals surface area contributed by atoms with Gasteiger partial charge >= 0.3 is 0 Å². The molecular formula is C21H45NO4. The molecule has 0 atom stereocenters. The molecule has 0 unspecified atom stereocenters. The molecule has 0 radical (unpaired) electrons. The van der Waals surface area contributed by atoms with Gasteiger partial charge in [0.25, 0.3) is 0 Å². The van der Waals surface area contributed by atoms with Crippen molar-refractivity contribution in [3.05, 3.63) is 0 Å².